The highest BCUT2D eigenvalue weighted by Gasteiger charge is 2.34. The van der Waals surface area contributed by atoms with Gasteiger partial charge in [-0.2, -0.15) is 0 Å². The molecule has 3 heteroatoms. The van der Waals surface area contributed by atoms with Crippen LogP contribution in [0.2, 0.25) is 0 Å². The number of fused-ring (bicyclic) bond motifs is 3. The maximum atomic E-state index is 3.86. The molecule has 1 aromatic rings. The van der Waals surface area contributed by atoms with Gasteiger partial charge in [-0.05, 0) is 62.7 Å². The smallest absolute Gasteiger partial charge is 0.0391 e. The van der Waals surface area contributed by atoms with Crippen molar-refractivity contribution in [2.75, 3.05) is 19.6 Å². The molecule has 3 fully saturated rings. The lowest BCUT2D eigenvalue weighted by Crippen LogP contribution is -2.56. The molecular weight excluding hydrogens is 228 g/mol. The normalized spacial score (nSPS) is 33.9. The van der Waals surface area contributed by atoms with Gasteiger partial charge >= 0.3 is 0 Å². The Labute approximate surface area is 108 Å². The van der Waals surface area contributed by atoms with Gasteiger partial charge in [0.2, 0.25) is 0 Å². The van der Waals surface area contributed by atoms with E-state index in [1.807, 2.05) is 11.3 Å². The van der Waals surface area contributed by atoms with Crippen LogP contribution in [0.1, 0.15) is 36.2 Å². The van der Waals surface area contributed by atoms with Crippen molar-refractivity contribution < 1.29 is 0 Å². The van der Waals surface area contributed by atoms with Gasteiger partial charge in [0.15, 0.2) is 0 Å². The Bertz CT molecular complexity index is 379. The van der Waals surface area contributed by atoms with Crippen LogP contribution in [0.4, 0.5) is 0 Å². The molecule has 3 saturated heterocycles. The van der Waals surface area contributed by atoms with E-state index in [1.54, 1.807) is 0 Å². The summed E-state index contributed by atoms with van der Waals surface area (Å²) in [6.07, 6.45) is 2.79. The summed E-state index contributed by atoms with van der Waals surface area (Å²) in [5.74, 6) is 0.919. The maximum absolute atomic E-state index is 3.86. The standard InChI is InChI=1S/C14H22N2S/c1-10-5-8-17-14(10)11(2)15-13-9-16-6-3-12(13)4-7-16/h5,8,11-13,15H,3-4,6-7,9H2,1-2H3. The van der Waals surface area contributed by atoms with E-state index in [0.717, 1.165) is 5.92 Å². The van der Waals surface area contributed by atoms with Crippen molar-refractivity contribution in [1.29, 1.82) is 0 Å². The fourth-order valence-electron chi connectivity index (χ4n) is 3.38. The molecule has 4 rings (SSSR count). The molecule has 0 amide bonds. The molecular formula is C14H22N2S. The average molecular weight is 250 g/mol. The largest absolute Gasteiger partial charge is 0.305 e. The topological polar surface area (TPSA) is 15.3 Å². The van der Waals surface area contributed by atoms with Crippen LogP contribution in [0, 0.1) is 12.8 Å². The first-order valence-corrected chi connectivity index (χ1v) is 7.64. The molecule has 2 nitrogen and oxygen atoms in total. The van der Waals surface area contributed by atoms with Gasteiger partial charge < -0.3 is 10.2 Å². The summed E-state index contributed by atoms with van der Waals surface area (Å²) in [5, 5.41) is 6.07. The quantitative estimate of drug-likeness (QED) is 0.887. The zero-order chi connectivity index (χ0) is 11.8. The molecule has 0 saturated carbocycles. The molecule has 2 unspecified atom stereocenters. The van der Waals surface area contributed by atoms with Crippen LogP contribution in [0.25, 0.3) is 0 Å². The van der Waals surface area contributed by atoms with E-state index in [2.05, 4.69) is 35.5 Å². The SMILES string of the molecule is Cc1ccsc1C(C)NC1CN2CCC1CC2. The number of piperidine rings is 3. The van der Waals surface area contributed by atoms with E-state index in [4.69, 9.17) is 0 Å². The molecule has 94 valence electrons. The zero-order valence-corrected chi connectivity index (χ0v) is 11.6. The van der Waals surface area contributed by atoms with Crippen LogP contribution >= 0.6 is 11.3 Å². The van der Waals surface area contributed by atoms with E-state index < -0.39 is 0 Å². The molecule has 0 aliphatic carbocycles. The number of thiophene rings is 1. The zero-order valence-electron chi connectivity index (χ0n) is 10.8. The van der Waals surface area contributed by atoms with Gasteiger partial charge in [0.1, 0.15) is 0 Å². The minimum absolute atomic E-state index is 0.514. The summed E-state index contributed by atoms with van der Waals surface area (Å²) in [4.78, 5) is 4.13. The Kier molecular flexibility index (Phi) is 3.24. The van der Waals surface area contributed by atoms with Crippen LogP contribution in [-0.4, -0.2) is 30.6 Å². The summed E-state index contributed by atoms with van der Waals surface area (Å²) < 4.78 is 0. The van der Waals surface area contributed by atoms with E-state index >= 15 is 0 Å². The first-order valence-electron chi connectivity index (χ1n) is 6.76. The predicted octanol–water partition coefficient (Wildman–Crippen LogP) is 2.80. The molecule has 3 aliphatic rings. The monoisotopic (exact) mass is 250 g/mol. The minimum atomic E-state index is 0.514. The van der Waals surface area contributed by atoms with Gasteiger partial charge in [0, 0.05) is 23.5 Å². The van der Waals surface area contributed by atoms with Crippen molar-refractivity contribution in [3.63, 3.8) is 0 Å². The highest BCUT2D eigenvalue weighted by molar-refractivity contribution is 7.10. The van der Waals surface area contributed by atoms with Crippen LogP contribution in [0.5, 0.6) is 0 Å². The number of rotatable bonds is 3. The number of hydrogen-bond donors (Lipinski definition) is 1. The lowest BCUT2D eigenvalue weighted by atomic mass is 9.83. The van der Waals surface area contributed by atoms with Gasteiger partial charge in [-0.1, -0.05) is 0 Å². The Balaban J connectivity index is 1.65. The second-order valence-corrected chi connectivity index (χ2v) is 6.55. The first kappa shape index (κ1) is 11.7. The van der Waals surface area contributed by atoms with Crippen molar-refractivity contribution in [1.82, 2.24) is 10.2 Å². The lowest BCUT2D eigenvalue weighted by molar-refractivity contribution is 0.0682. The predicted molar refractivity (Wildman–Crippen MR) is 73.6 cm³/mol. The third kappa shape index (κ3) is 2.28. The molecule has 0 spiro atoms. The fourth-order valence-corrected chi connectivity index (χ4v) is 4.32. The Morgan fingerprint density at radius 2 is 2.18 bits per heavy atom. The van der Waals surface area contributed by atoms with Crippen LogP contribution in [-0.2, 0) is 0 Å². The first-order chi connectivity index (χ1) is 8.24. The highest BCUT2D eigenvalue weighted by Crippen LogP contribution is 2.30. The molecule has 1 N–H and O–H groups in total. The Morgan fingerprint density at radius 1 is 1.41 bits per heavy atom. The van der Waals surface area contributed by atoms with Crippen LogP contribution in [0.15, 0.2) is 11.4 Å². The third-order valence-corrected chi connectivity index (χ3v) is 5.62. The molecule has 3 aliphatic heterocycles. The van der Waals surface area contributed by atoms with Crippen LogP contribution in [0.3, 0.4) is 0 Å². The molecule has 17 heavy (non-hydrogen) atoms. The van der Waals surface area contributed by atoms with Crippen molar-refractivity contribution in [2.24, 2.45) is 5.92 Å². The van der Waals surface area contributed by atoms with Gasteiger partial charge in [-0.15, -0.1) is 11.3 Å². The second-order valence-electron chi connectivity index (χ2n) is 5.60. The number of aryl methyl sites for hydroxylation is 1. The van der Waals surface area contributed by atoms with Crippen molar-refractivity contribution in [3.8, 4) is 0 Å². The van der Waals surface area contributed by atoms with Crippen LogP contribution < -0.4 is 5.32 Å². The van der Waals surface area contributed by atoms with Gasteiger partial charge in [-0.3, -0.25) is 0 Å². The van der Waals surface area contributed by atoms with Crippen molar-refractivity contribution in [2.45, 2.75) is 38.8 Å². The van der Waals surface area contributed by atoms with E-state index in [0.29, 0.717) is 12.1 Å². The summed E-state index contributed by atoms with van der Waals surface area (Å²) in [6.45, 7) is 8.46. The molecule has 2 atom stereocenters. The Morgan fingerprint density at radius 3 is 2.71 bits per heavy atom. The maximum Gasteiger partial charge on any atom is 0.0391 e. The van der Waals surface area contributed by atoms with Gasteiger partial charge in [-0.25, -0.2) is 0 Å². The number of nitrogens with zero attached hydrogens (tertiary/aromatic N) is 1. The van der Waals surface area contributed by atoms with Gasteiger partial charge in [0.05, 0.1) is 0 Å². The molecule has 2 bridgehead atoms. The number of nitrogens with one attached hydrogen (secondary N) is 1. The van der Waals surface area contributed by atoms with E-state index in [1.165, 1.54) is 42.9 Å². The average Bonchev–Trinajstić information content (AvgIpc) is 2.77. The second kappa shape index (κ2) is 4.71. The lowest BCUT2D eigenvalue weighted by Gasteiger charge is -2.46. The van der Waals surface area contributed by atoms with E-state index in [9.17, 15) is 0 Å². The molecule has 0 aromatic carbocycles. The van der Waals surface area contributed by atoms with E-state index in [-0.39, 0.29) is 0 Å². The fraction of sp³-hybridized carbons (Fsp3) is 0.714. The molecule has 0 radical (unpaired) electrons. The summed E-state index contributed by atoms with van der Waals surface area (Å²) in [5.41, 5.74) is 1.44. The number of hydrogen-bond acceptors (Lipinski definition) is 3. The third-order valence-electron chi connectivity index (χ3n) is 4.42. The molecule has 1 aromatic heterocycles. The summed E-state index contributed by atoms with van der Waals surface area (Å²) in [7, 11) is 0. The minimum Gasteiger partial charge on any atom is -0.305 e. The van der Waals surface area contributed by atoms with Crippen molar-refractivity contribution in [3.05, 3.63) is 21.9 Å². The summed E-state index contributed by atoms with van der Waals surface area (Å²) >= 11 is 1.89. The molecule has 4 heterocycles. The van der Waals surface area contributed by atoms with Crippen molar-refractivity contribution >= 4 is 11.3 Å². The summed E-state index contributed by atoms with van der Waals surface area (Å²) in [6, 6.07) is 3.46. The van der Waals surface area contributed by atoms with Gasteiger partial charge in [0.25, 0.3) is 0 Å². The highest BCUT2D eigenvalue weighted by atomic mass is 32.1. The Hall–Kier alpha value is -0.380.